The van der Waals surface area contributed by atoms with Crippen LogP contribution in [0.1, 0.15) is 26.5 Å². The lowest BCUT2D eigenvalue weighted by atomic mass is 10.2. The topological polar surface area (TPSA) is 62.7 Å². The minimum atomic E-state index is -1.79. The molecule has 130 valence electrons. The summed E-state index contributed by atoms with van der Waals surface area (Å²) in [5.74, 6) is 0. The molecule has 0 saturated carbocycles. The molecule has 1 aliphatic rings. The van der Waals surface area contributed by atoms with Gasteiger partial charge in [0.05, 0.1) is 32.1 Å². The molecular formula is C16H28N2O4Si. The highest BCUT2D eigenvalue weighted by atomic mass is 28.4. The minimum absolute atomic E-state index is 0.0560. The van der Waals surface area contributed by atoms with Crippen molar-refractivity contribution in [3.8, 4) is 6.01 Å². The van der Waals surface area contributed by atoms with Crippen LogP contribution in [0.4, 0.5) is 0 Å². The number of aromatic nitrogens is 2. The number of nitrogens with zero attached hydrogens (tertiary/aromatic N) is 2. The van der Waals surface area contributed by atoms with E-state index in [2.05, 4.69) is 43.8 Å². The second kappa shape index (κ2) is 7.70. The zero-order valence-corrected chi connectivity index (χ0v) is 15.8. The van der Waals surface area contributed by atoms with Gasteiger partial charge in [-0.1, -0.05) is 20.8 Å². The average molecular weight is 340 g/mol. The predicted octanol–water partition coefficient (Wildman–Crippen LogP) is 2.79. The van der Waals surface area contributed by atoms with Crippen LogP contribution < -0.4 is 4.74 Å². The van der Waals surface area contributed by atoms with E-state index in [9.17, 15) is 0 Å². The second-order valence-corrected chi connectivity index (χ2v) is 12.1. The van der Waals surface area contributed by atoms with Gasteiger partial charge in [-0.25, -0.2) is 4.98 Å². The Balaban J connectivity index is 1.87. The number of rotatable bonds is 6. The first-order chi connectivity index (χ1) is 10.8. The normalized spacial score (nSPS) is 19.6. The van der Waals surface area contributed by atoms with Crippen LogP contribution >= 0.6 is 0 Å². The summed E-state index contributed by atoms with van der Waals surface area (Å²) in [6.07, 6.45) is 1.64. The van der Waals surface area contributed by atoms with Crippen LogP contribution in [0, 0.1) is 0 Å². The molecule has 2 rings (SSSR count). The average Bonchev–Trinajstić information content (AvgIpc) is 2.51. The molecule has 0 aliphatic carbocycles. The standard InChI is InChI=1S/C16H28N2O4Si/c1-16(2,3)23(4,5)22-10-13-6-7-17-15(18-13)21-12-14-11-19-8-9-20-14/h6-7,14H,8-12H2,1-5H3/t14-/m0/s1. The molecule has 0 radical (unpaired) electrons. The van der Waals surface area contributed by atoms with Crippen molar-refractivity contribution in [2.75, 3.05) is 26.4 Å². The predicted molar refractivity (Wildman–Crippen MR) is 90.1 cm³/mol. The summed E-state index contributed by atoms with van der Waals surface area (Å²) < 4.78 is 22.7. The van der Waals surface area contributed by atoms with E-state index < -0.39 is 8.32 Å². The number of hydrogen-bond donors (Lipinski definition) is 0. The molecule has 7 heteroatoms. The Morgan fingerprint density at radius 3 is 2.74 bits per heavy atom. The van der Waals surface area contributed by atoms with Crippen molar-refractivity contribution in [2.24, 2.45) is 0 Å². The molecule has 1 fully saturated rings. The lowest BCUT2D eigenvalue weighted by Crippen LogP contribution is -2.40. The Morgan fingerprint density at radius 2 is 2.09 bits per heavy atom. The summed E-state index contributed by atoms with van der Waals surface area (Å²) in [7, 11) is -1.79. The van der Waals surface area contributed by atoms with Crippen molar-refractivity contribution < 1.29 is 18.6 Å². The summed E-state index contributed by atoms with van der Waals surface area (Å²) in [6.45, 7) is 13.8. The summed E-state index contributed by atoms with van der Waals surface area (Å²) in [4.78, 5) is 8.55. The van der Waals surface area contributed by atoms with Gasteiger partial charge in [0.1, 0.15) is 12.7 Å². The summed E-state index contributed by atoms with van der Waals surface area (Å²) in [5, 5.41) is 0.178. The maximum absolute atomic E-state index is 6.18. The fraction of sp³-hybridized carbons (Fsp3) is 0.750. The fourth-order valence-corrected chi connectivity index (χ4v) is 2.74. The van der Waals surface area contributed by atoms with Crippen LogP contribution in [0.3, 0.4) is 0 Å². The van der Waals surface area contributed by atoms with Gasteiger partial charge in [-0.2, -0.15) is 4.98 Å². The zero-order valence-electron chi connectivity index (χ0n) is 14.8. The van der Waals surface area contributed by atoms with E-state index in [0.29, 0.717) is 39.0 Å². The zero-order chi connectivity index (χ0) is 16.9. The van der Waals surface area contributed by atoms with Crippen molar-refractivity contribution in [3.63, 3.8) is 0 Å². The Hall–Kier alpha value is -1.02. The monoisotopic (exact) mass is 340 g/mol. The lowest BCUT2D eigenvalue weighted by molar-refractivity contribution is -0.102. The third kappa shape index (κ3) is 5.52. The molecule has 0 amide bonds. The molecule has 2 heterocycles. The molecule has 0 aromatic carbocycles. The van der Waals surface area contributed by atoms with Gasteiger partial charge in [-0.05, 0) is 24.2 Å². The maximum Gasteiger partial charge on any atom is 0.316 e. The van der Waals surface area contributed by atoms with Gasteiger partial charge in [0.2, 0.25) is 0 Å². The van der Waals surface area contributed by atoms with Crippen LogP contribution in [0.2, 0.25) is 18.1 Å². The molecule has 1 saturated heterocycles. The van der Waals surface area contributed by atoms with Gasteiger partial charge in [-0.15, -0.1) is 0 Å². The van der Waals surface area contributed by atoms with Crippen LogP contribution in [-0.4, -0.2) is 50.8 Å². The van der Waals surface area contributed by atoms with Crippen molar-refractivity contribution in [3.05, 3.63) is 18.0 Å². The minimum Gasteiger partial charge on any atom is -0.461 e. The Bertz CT molecular complexity index is 499. The van der Waals surface area contributed by atoms with E-state index >= 15 is 0 Å². The third-order valence-corrected chi connectivity index (χ3v) is 8.84. The van der Waals surface area contributed by atoms with E-state index in [0.717, 1.165) is 5.69 Å². The first-order valence-corrected chi connectivity index (χ1v) is 11.0. The fourth-order valence-electron chi connectivity index (χ4n) is 1.80. The highest BCUT2D eigenvalue weighted by Crippen LogP contribution is 2.36. The Morgan fingerprint density at radius 1 is 1.30 bits per heavy atom. The van der Waals surface area contributed by atoms with E-state index in [1.165, 1.54) is 0 Å². The second-order valence-electron chi connectivity index (χ2n) is 7.26. The maximum atomic E-state index is 6.18. The van der Waals surface area contributed by atoms with E-state index in [1.54, 1.807) is 6.20 Å². The molecule has 23 heavy (non-hydrogen) atoms. The van der Waals surface area contributed by atoms with E-state index in [1.807, 2.05) is 6.07 Å². The van der Waals surface area contributed by atoms with Crippen LogP contribution in [0.15, 0.2) is 12.3 Å². The number of hydrogen-bond acceptors (Lipinski definition) is 6. The van der Waals surface area contributed by atoms with Gasteiger partial charge < -0.3 is 18.6 Å². The van der Waals surface area contributed by atoms with E-state index in [4.69, 9.17) is 18.6 Å². The van der Waals surface area contributed by atoms with Crippen molar-refractivity contribution in [1.29, 1.82) is 0 Å². The molecule has 1 aromatic heterocycles. The van der Waals surface area contributed by atoms with Gasteiger partial charge in [0.25, 0.3) is 0 Å². The van der Waals surface area contributed by atoms with Gasteiger partial charge >= 0.3 is 6.01 Å². The van der Waals surface area contributed by atoms with Gasteiger partial charge in [0, 0.05) is 6.20 Å². The summed E-state index contributed by atoms with van der Waals surface area (Å²) in [5.41, 5.74) is 0.834. The molecule has 0 bridgehead atoms. The van der Waals surface area contributed by atoms with Crippen LogP contribution in [0.25, 0.3) is 0 Å². The highest BCUT2D eigenvalue weighted by molar-refractivity contribution is 6.74. The third-order valence-electron chi connectivity index (χ3n) is 4.36. The van der Waals surface area contributed by atoms with Crippen molar-refractivity contribution >= 4 is 8.32 Å². The molecular weight excluding hydrogens is 312 g/mol. The number of ether oxygens (including phenoxy) is 3. The lowest BCUT2D eigenvalue weighted by Gasteiger charge is -2.36. The first kappa shape index (κ1) is 18.3. The molecule has 0 N–H and O–H groups in total. The molecule has 6 nitrogen and oxygen atoms in total. The molecule has 0 spiro atoms. The molecule has 1 aliphatic heterocycles. The Kier molecular flexibility index (Phi) is 6.13. The first-order valence-electron chi connectivity index (χ1n) is 8.06. The molecule has 1 atom stereocenters. The Labute approximate surface area is 139 Å². The van der Waals surface area contributed by atoms with Crippen LogP contribution in [-0.2, 0) is 20.5 Å². The van der Waals surface area contributed by atoms with Crippen LogP contribution in [0.5, 0.6) is 6.01 Å². The molecule has 1 aromatic rings. The van der Waals surface area contributed by atoms with Crippen molar-refractivity contribution in [2.45, 2.75) is 51.6 Å². The smallest absolute Gasteiger partial charge is 0.316 e. The van der Waals surface area contributed by atoms with Gasteiger partial charge in [0.15, 0.2) is 8.32 Å². The highest BCUT2D eigenvalue weighted by Gasteiger charge is 2.37. The summed E-state index contributed by atoms with van der Waals surface area (Å²) >= 11 is 0. The van der Waals surface area contributed by atoms with Crippen molar-refractivity contribution in [1.82, 2.24) is 9.97 Å². The largest absolute Gasteiger partial charge is 0.461 e. The molecule has 0 unspecified atom stereocenters. The van der Waals surface area contributed by atoms with E-state index in [-0.39, 0.29) is 11.1 Å². The quantitative estimate of drug-likeness (QED) is 0.742. The van der Waals surface area contributed by atoms with Gasteiger partial charge in [-0.3, -0.25) is 0 Å². The SMILES string of the molecule is CC(C)(C)[Si](C)(C)OCc1ccnc(OC[C@@H]2COCCO2)n1. The summed E-state index contributed by atoms with van der Waals surface area (Å²) in [6, 6.07) is 2.22.